The number of fused-ring (bicyclic) bond motifs is 1. The second-order valence-corrected chi connectivity index (χ2v) is 9.82. The molecule has 2 aromatic heterocycles. The summed E-state index contributed by atoms with van der Waals surface area (Å²) in [6.07, 6.45) is 0.164. The van der Waals surface area contributed by atoms with Crippen LogP contribution in [-0.4, -0.2) is 69.1 Å². The molecule has 2 atom stereocenters. The van der Waals surface area contributed by atoms with Crippen LogP contribution in [-0.2, 0) is 5.60 Å². The van der Waals surface area contributed by atoms with Crippen LogP contribution in [0.15, 0.2) is 54.6 Å². The summed E-state index contributed by atoms with van der Waals surface area (Å²) in [5, 5.41) is 23.1. The Kier molecular flexibility index (Phi) is 8.91. The van der Waals surface area contributed by atoms with Gasteiger partial charge in [0, 0.05) is 35.2 Å². The van der Waals surface area contributed by atoms with Crippen molar-refractivity contribution in [2.24, 2.45) is 0 Å². The third-order valence-electron chi connectivity index (χ3n) is 7.08. The zero-order valence-electron chi connectivity index (χ0n) is 23.9. The summed E-state index contributed by atoms with van der Waals surface area (Å²) in [6, 6.07) is 17.0. The molecule has 0 radical (unpaired) electrons. The highest BCUT2D eigenvalue weighted by Crippen LogP contribution is 2.49. The smallest absolute Gasteiger partial charge is 0.217 e. The zero-order valence-corrected chi connectivity index (χ0v) is 23.9. The van der Waals surface area contributed by atoms with E-state index in [1.54, 1.807) is 48.5 Å². The van der Waals surface area contributed by atoms with E-state index in [-0.39, 0.29) is 35.4 Å². The van der Waals surface area contributed by atoms with Gasteiger partial charge in [0.05, 0.1) is 51.5 Å². The van der Waals surface area contributed by atoms with E-state index in [9.17, 15) is 10.4 Å². The Labute approximate surface area is 238 Å². The van der Waals surface area contributed by atoms with Crippen LogP contribution in [0.1, 0.15) is 34.6 Å². The molecule has 0 unspecified atom stereocenters. The number of hydrogen-bond acceptors (Lipinski definition) is 9. The molecular weight excluding hydrogens is 527 g/mol. The molecule has 9 nitrogen and oxygen atoms in total. The van der Waals surface area contributed by atoms with Crippen LogP contribution in [0.25, 0.3) is 10.9 Å². The number of rotatable bonds is 11. The van der Waals surface area contributed by atoms with Gasteiger partial charge in [-0.05, 0) is 56.4 Å². The number of aromatic nitrogens is 2. The fraction of sp³-hybridized carbons (Fsp3) is 0.323. The molecule has 0 saturated heterocycles. The van der Waals surface area contributed by atoms with E-state index in [1.807, 2.05) is 19.0 Å². The molecule has 2 aromatic carbocycles. The summed E-state index contributed by atoms with van der Waals surface area (Å²) in [5.74, 6) is -1.04. The predicted octanol–water partition coefficient (Wildman–Crippen LogP) is 4.65. The first-order valence-corrected chi connectivity index (χ1v) is 12.9. The lowest BCUT2D eigenvalue weighted by molar-refractivity contribution is 0.00233. The van der Waals surface area contributed by atoms with Gasteiger partial charge in [0.2, 0.25) is 17.6 Å². The van der Waals surface area contributed by atoms with E-state index in [2.05, 4.69) is 16.0 Å². The molecule has 0 spiro atoms. The van der Waals surface area contributed by atoms with Crippen molar-refractivity contribution >= 4 is 10.9 Å². The maximum atomic E-state index is 16.2. The highest BCUT2D eigenvalue weighted by molar-refractivity contribution is 5.82. The van der Waals surface area contributed by atoms with Gasteiger partial charge in [-0.1, -0.05) is 12.1 Å². The van der Waals surface area contributed by atoms with E-state index in [0.717, 1.165) is 0 Å². The first-order valence-electron chi connectivity index (χ1n) is 12.9. The summed E-state index contributed by atoms with van der Waals surface area (Å²) in [5.41, 5.74) is 0.221. The standard InChI is InChI=1S/C31H33FN4O5/c1-36(2)13-12-31(37,21-16-26(39-4)35-27(17-21)40-5)28(22-8-7-9-25(38-3)29(22)32)23-15-20-14-19(18-33)10-11-24(20)34-30(23)41-6/h7-11,14-17,28,37H,12-13H2,1-6H3/t28-,31-/m1/s1. The number of hydrogen-bond donors (Lipinski definition) is 1. The Hall–Kier alpha value is -4.46. The quantitative estimate of drug-likeness (QED) is 0.280. The van der Waals surface area contributed by atoms with Crippen LogP contribution in [0.4, 0.5) is 4.39 Å². The van der Waals surface area contributed by atoms with E-state index in [0.29, 0.717) is 34.1 Å². The van der Waals surface area contributed by atoms with Crippen LogP contribution in [0.3, 0.4) is 0 Å². The van der Waals surface area contributed by atoms with Gasteiger partial charge in [0.1, 0.15) is 5.60 Å². The largest absolute Gasteiger partial charge is 0.494 e. The lowest BCUT2D eigenvalue weighted by Gasteiger charge is -2.39. The van der Waals surface area contributed by atoms with E-state index in [1.165, 1.54) is 34.5 Å². The highest BCUT2D eigenvalue weighted by atomic mass is 19.1. The van der Waals surface area contributed by atoms with Gasteiger partial charge in [-0.15, -0.1) is 0 Å². The molecule has 4 rings (SSSR count). The summed E-state index contributed by atoms with van der Waals surface area (Å²) in [4.78, 5) is 10.9. The first kappa shape index (κ1) is 29.5. The minimum Gasteiger partial charge on any atom is -0.494 e. The lowest BCUT2D eigenvalue weighted by Crippen LogP contribution is -2.38. The third-order valence-corrected chi connectivity index (χ3v) is 7.08. The van der Waals surface area contributed by atoms with Crippen molar-refractivity contribution in [2.75, 3.05) is 49.1 Å². The van der Waals surface area contributed by atoms with Gasteiger partial charge in [-0.2, -0.15) is 10.2 Å². The molecule has 0 fully saturated rings. The second kappa shape index (κ2) is 12.4. The number of ether oxygens (including phenoxy) is 4. The molecule has 0 aliphatic heterocycles. The topological polar surface area (TPSA) is 110 Å². The van der Waals surface area contributed by atoms with Gasteiger partial charge in [-0.25, -0.2) is 9.37 Å². The van der Waals surface area contributed by atoms with Crippen molar-refractivity contribution in [3.63, 3.8) is 0 Å². The summed E-state index contributed by atoms with van der Waals surface area (Å²) < 4.78 is 38.1. The Bertz CT molecular complexity index is 1570. The third kappa shape index (κ3) is 5.87. The van der Waals surface area contributed by atoms with E-state index in [4.69, 9.17) is 18.9 Å². The van der Waals surface area contributed by atoms with Crippen molar-refractivity contribution < 1.29 is 28.4 Å². The summed E-state index contributed by atoms with van der Waals surface area (Å²) in [7, 11) is 9.56. The molecule has 0 aliphatic rings. The van der Waals surface area contributed by atoms with E-state index >= 15 is 4.39 Å². The van der Waals surface area contributed by atoms with Crippen LogP contribution in [0, 0.1) is 17.1 Å². The highest BCUT2D eigenvalue weighted by Gasteiger charge is 2.44. The number of methoxy groups -OCH3 is 4. The van der Waals surface area contributed by atoms with Crippen molar-refractivity contribution in [1.82, 2.24) is 14.9 Å². The average molecular weight is 561 g/mol. The molecule has 0 aliphatic carbocycles. The summed E-state index contributed by atoms with van der Waals surface area (Å²) >= 11 is 0. The normalized spacial score (nSPS) is 13.4. The molecule has 0 saturated carbocycles. The molecule has 2 heterocycles. The molecule has 10 heteroatoms. The minimum absolute atomic E-state index is 0.0202. The molecular formula is C31H33FN4O5. The summed E-state index contributed by atoms with van der Waals surface area (Å²) in [6.45, 7) is 0.438. The maximum absolute atomic E-state index is 16.2. The zero-order chi connectivity index (χ0) is 29.7. The van der Waals surface area contributed by atoms with Crippen LogP contribution >= 0.6 is 0 Å². The molecule has 214 valence electrons. The Morgan fingerprint density at radius 2 is 1.63 bits per heavy atom. The monoisotopic (exact) mass is 560 g/mol. The van der Waals surface area contributed by atoms with Crippen molar-refractivity contribution in [3.8, 4) is 29.5 Å². The fourth-order valence-electron chi connectivity index (χ4n) is 4.99. The van der Waals surface area contributed by atoms with Crippen molar-refractivity contribution in [2.45, 2.75) is 17.9 Å². The predicted molar refractivity (Wildman–Crippen MR) is 152 cm³/mol. The maximum Gasteiger partial charge on any atom is 0.217 e. The van der Waals surface area contributed by atoms with Crippen LogP contribution in [0.5, 0.6) is 23.4 Å². The second-order valence-electron chi connectivity index (χ2n) is 9.82. The number of nitrogens with zero attached hydrogens (tertiary/aromatic N) is 4. The average Bonchev–Trinajstić information content (AvgIpc) is 2.99. The SMILES string of the molecule is COc1cc([C@](O)(CCN(C)C)[C@@H](c2cc3cc(C#N)ccc3nc2OC)c2cccc(OC)c2F)cc(OC)n1. The number of aliphatic hydroxyl groups is 1. The molecule has 41 heavy (non-hydrogen) atoms. The Morgan fingerprint density at radius 1 is 0.927 bits per heavy atom. The lowest BCUT2D eigenvalue weighted by atomic mass is 9.71. The molecule has 0 amide bonds. The molecule has 4 aromatic rings. The number of benzene rings is 2. The number of halogens is 1. The Morgan fingerprint density at radius 3 is 2.22 bits per heavy atom. The molecule has 1 N–H and O–H groups in total. The Balaban J connectivity index is 2.13. The fourth-order valence-corrected chi connectivity index (χ4v) is 4.99. The number of pyridine rings is 2. The van der Waals surface area contributed by atoms with Gasteiger partial charge in [-0.3, -0.25) is 0 Å². The van der Waals surface area contributed by atoms with Gasteiger partial charge in [0.15, 0.2) is 11.6 Å². The van der Waals surface area contributed by atoms with Gasteiger partial charge < -0.3 is 29.0 Å². The van der Waals surface area contributed by atoms with Gasteiger partial charge in [0.25, 0.3) is 0 Å². The van der Waals surface area contributed by atoms with Crippen molar-refractivity contribution in [3.05, 3.63) is 82.7 Å². The van der Waals surface area contributed by atoms with Gasteiger partial charge >= 0.3 is 0 Å². The van der Waals surface area contributed by atoms with Crippen LogP contribution < -0.4 is 18.9 Å². The van der Waals surface area contributed by atoms with E-state index < -0.39 is 17.3 Å². The molecule has 0 bridgehead atoms. The minimum atomic E-state index is -1.77. The number of nitriles is 1. The van der Waals surface area contributed by atoms with Crippen molar-refractivity contribution in [1.29, 1.82) is 5.26 Å². The first-order chi connectivity index (χ1) is 19.7. The van der Waals surface area contributed by atoms with Crippen LogP contribution in [0.2, 0.25) is 0 Å².